The van der Waals surface area contributed by atoms with Crippen LogP contribution >= 0.6 is 11.6 Å². The van der Waals surface area contributed by atoms with Gasteiger partial charge in [-0.2, -0.15) is 0 Å². The quantitative estimate of drug-likeness (QED) is 0.940. The van der Waals surface area contributed by atoms with Crippen LogP contribution in [0, 0.1) is 0 Å². The lowest BCUT2D eigenvalue weighted by molar-refractivity contribution is 0.0147. The minimum absolute atomic E-state index is 0.188. The number of nitrogens with zero attached hydrogens (tertiary/aromatic N) is 2. The summed E-state index contributed by atoms with van der Waals surface area (Å²) >= 11 is 6.07. The normalized spacial score (nSPS) is 15.8. The van der Waals surface area contributed by atoms with Crippen LogP contribution in [0.4, 0.5) is 5.82 Å². The lowest BCUT2D eigenvalue weighted by Crippen LogP contribution is -2.53. The van der Waals surface area contributed by atoms with E-state index in [1.807, 2.05) is 36.4 Å². The van der Waals surface area contributed by atoms with E-state index in [0.717, 1.165) is 30.9 Å². The Hall–Kier alpha value is -1.78. The van der Waals surface area contributed by atoms with Crippen LogP contribution in [0.5, 0.6) is 5.75 Å². The number of aromatic nitrogens is 1. The molecule has 0 radical (unpaired) electrons. The minimum atomic E-state index is 0.188. The van der Waals surface area contributed by atoms with E-state index < -0.39 is 0 Å². The molecular formula is C15H16ClN3O. The zero-order chi connectivity index (χ0) is 13.9. The highest BCUT2D eigenvalue weighted by molar-refractivity contribution is 6.32. The van der Waals surface area contributed by atoms with Crippen molar-refractivity contribution >= 4 is 17.4 Å². The third-order valence-corrected chi connectivity index (χ3v) is 3.69. The van der Waals surface area contributed by atoms with Crippen LogP contribution in [-0.2, 0) is 6.54 Å². The Bertz CT molecular complexity index is 548. The van der Waals surface area contributed by atoms with Crippen LogP contribution in [0.15, 0.2) is 42.6 Å². The van der Waals surface area contributed by atoms with Gasteiger partial charge in [0.1, 0.15) is 17.7 Å². The smallest absolute Gasteiger partial charge is 0.138 e. The first kappa shape index (κ1) is 13.2. The molecule has 4 nitrogen and oxygen atoms in total. The molecule has 104 valence electrons. The van der Waals surface area contributed by atoms with Crippen molar-refractivity contribution in [3.8, 4) is 5.75 Å². The van der Waals surface area contributed by atoms with Gasteiger partial charge >= 0.3 is 0 Å². The third-order valence-electron chi connectivity index (χ3n) is 3.37. The maximum absolute atomic E-state index is 6.07. The van der Waals surface area contributed by atoms with E-state index in [9.17, 15) is 0 Å². The van der Waals surface area contributed by atoms with E-state index in [0.29, 0.717) is 10.8 Å². The second-order valence-electron chi connectivity index (χ2n) is 4.91. The number of hydrogen-bond donors (Lipinski definition) is 1. The number of nitrogens with two attached hydrogens (primary N) is 1. The highest BCUT2D eigenvalue weighted by Crippen LogP contribution is 2.27. The fraction of sp³-hybridized carbons (Fsp3) is 0.267. The lowest BCUT2D eigenvalue weighted by Gasteiger charge is -2.39. The third kappa shape index (κ3) is 2.86. The summed E-state index contributed by atoms with van der Waals surface area (Å²) in [4.78, 5) is 6.36. The van der Waals surface area contributed by atoms with Gasteiger partial charge in [0.15, 0.2) is 0 Å². The van der Waals surface area contributed by atoms with Crippen LogP contribution in [0.2, 0.25) is 5.02 Å². The molecule has 5 heteroatoms. The first-order valence-corrected chi connectivity index (χ1v) is 6.93. The Morgan fingerprint density at radius 3 is 2.80 bits per heavy atom. The van der Waals surface area contributed by atoms with Gasteiger partial charge < -0.3 is 10.5 Å². The average molecular weight is 290 g/mol. The molecule has 0 saturated carbocycles. The molecule has 1 saturated heterocycles. The second kappa shape index (κ2) is 5.69. The summed E-state index contributed by atoms with van der Waals surface area (Å²) in [6.07, 6.45) is 1.89. The molecular weight excluding hydrogens is 274 g/mol. The molecule has 0 unspecified atom stereocenters. The number of pyridine rings is 1. The van der Waals surface area contributed by atoms with Gasteiger partial charge in [-0.1, -0.05) is 29.8 Å². The molecule has 0 atom stereocenters. The van der Waals surface area contributed by atoms with E-state index >= 15 is 0 Å². The predicted molar refractivity (Wildman–Crippen MR) is 79.8 cm³/mol. The summed E-state index contributed by atoms with van der Waals surface area (Å²) in [6, 6.07) is 11.5. The standard InChI is InChI=1S/C15H16ClN3O/c16-13-5-1-2-6-14(13)20-12-9-19(10-12)8-11-4-3-7-18-15(11)17/h1-7,12H,8-10H2,(H2,17,18). The SMILES string of the molecule is Nc1ncccc1CN1CC(Oc2ccccc2Cl)C1. The number of para-hydroxylation sites is 1. The molecule has 0 aliphatic carbocycles. The number of halogens is 1. The average Bonchev–Trinajstić information content (AvgIpc) is 2.40. The molecule has 3 rings (SSSR count). The molecule has 20 heavy (non-hydrogen) atoms. The molecule has 1 aromatic carbocycles. The van der Waals surface area contributed by atoms with Crippen LogP contribution in [0.3, 0.4) is 0 Å². The summed E-state index contributed by atoms with van der Waals surface area (Å²) in [5.41, 5.74) is 6.90. The Morgan fingerprint density at radius 2 is 2.05 bits per heavy atom. The van der Waals surface area contributed by atoms with Crippen molar-refractivity contribution in [3.63, 3.8) is 0 Å². The van der Waals surface area contributed by atoms with Crippen molar-refractivity contribution < 1.29 is 4.74 Å². The fourth-order valence-electron chi connectivity index (χ4n) is 2.27. The molecule has 0 bridgehead atoms. The first-order chi connectivity index (χ1) is 9.72. The van der Waals surface area contributed by atoms with E-state index in [4.69, 9.17) is 22.1 Å². The predicted octanol–water partition coefficient (Wildman–Crippen LogP) is 2.58. The van der Waals surface area contributed by atoms with Crippen molar-refractivity contribution in [1.29, 1.82) is 0 Å². The number of nitrogen functional groups attached to an aromatic ring is 1. The molecule has 0 amide bonds. The van der Waals surface area contributed by atoms with Gasteiger partial charge in [-0.25, -0.2) is 4.98 Å². The maximum atomic E-state index is 6.07. The molecule has 1 fully saturated rings. The zero-order valence-corrected chi connectivity index (χ0v) is 11.8. The number of likely N-dealkylation sites (tertiary alicyclic amines) is 1. The van der Waals surface area contributed by atoms with E-state index in [-0.39, 0.29) is 6.10 Å². The summed E-state index contributed by atoms with van der Waals surface area (Å²) in [6.45, 7) is 2.56. The second-order valence-corrected chi connectivity index (χ2v) is 5.32. The zero-order valence-electron chi connectivity index (χ0n) is 11.0. The summed E-state index contributed by atoms with van der Waals surface area (Å²) < 4.78 is 5.86. The number of hydrogen-bond acceptors (Lipinski definition) is 4. The van der Waals surface area contributed by atoms with Crippen LogP contribution in [-0.4, -0.2) is 29.1 Å². The Kier molecular flexibility index (Phi) is 3.76. The number of ether oxygens (including phenoxy) is 1. The molecule has 1 aliphatic heterocycles. The van der Waals surface area contributed by atoms with Gasteiger partial charge in [0, 0.05) is 31.4 Å². The monoisotopic (exact) mass is 289 g/mol. The lowest BCUT2D eigenvalue weighted by atomic mass is 10.1. The molecule has 1 aliphatic rings. The summed E-state index contributed by atoms with van der Waals surface area (Å²) in [5, 5.41) is 0.655. The van der Waals surface area contributed by atoms with Crippen LogP contribution < -0.4 is 10.5 Å². The molecule has 2 heterocycles. The number of anilines is 1. The molecule has 0 spiro atoms. The molecule has 2 aromatic rings. The largest absolute Gasteiger partial charge is 0.486 e. The Balaban J connectivity index is 1.52. The van der Waals surface area contributed by atoms with E-state index in [1.54, 1.807) is 6.20 Å². The Labute approximate surface area is 123 Å². The van der Waals surface area contributed by atoms with Gasteiger partial charge in [0.25, 0.3) is 0 Å². The van der Waals surface area contributed by atoms with Gasteiger partial charge in [0.2, 0.25) is 0 Å². The first-order valence-electron chi connectivity index (χ1n) is 6.55. The molecule has 2 N–H and O–H groups in total. The molecule has 1 aromatic heterocycles. The van der Waals surface area contributed by atoms with Gasteiger partial charge in [-0.05, 0) is 18.2 Å². The van der Waals surface area contributed by atoms with E-state index in [2.05, 4.69) is 9.88 Å². The Morgan fingerprint density at radius 1 is 1.25 bits per heavy atom. The van der Waals surface area contributed by atoms with Crippen LogP contribution in [0.25, 0.3) is 0 Å². The highest BCUT2D eigenvalue weighted by Gasteiger charge is 2.29. The highest BCUT2D eigenvalue weighted by atomic mass is 35.5. The minimum Gasteiger partial charge on any atom is -0.486 e. The van der Waals surface area contributed by atoms with Crippen molar-refractivity contribution in [2.45, 2.75) is 12.6 Å². The summed E-state index contributed by atoms with van der Waals surface area (Å²) in [5.74, 6) is 1.35. The van der Waals surface area contributed by atoms with E-state index in [1.165, 1.54) is 0 Å². The number of benzene rings is 1. The van der Waals surface area contributed by atoms with Crippen molar-refractivity contribution in [1.82, 2.24) is 9.88 Å². The van der Waals surface area contributed by atoms with Crippen molar-refractivity contribution in [3.05, 3.63) is 53.2 Å². The summed E-state index contributed by atoms with van der Waals surface area (Å²) in [7, 11) is 0. The fourth-order valence-corrected chi connectivity index (χ4v) is 2.45. The van der Waals surface area contributed by atoms with Crippen LogP contribution in [0.1, 0.15) is 5.56 Å². The van der Waals surface area contributed by atoms with Crippen molar-refractivity contribution in [2.24, 2.45) is 0 Å². The van der Waals surface area contributed by atoms with Gasteiger partial charge in [-0.3, -0.25) is 4.90 Å². The van der Waals surface area contributed by atoms with Gasteiger partial charge in [-0.15, -0.1) is 0 Å². The van der Waals surface area contributed by atoms with Crippen molar-refractivity contribution in [2.75, 3.05) is 18.8 Å². The maximum Gasteiger partial charge on any atom is 0.138 e. The van der Waals surface area contributed by atoms with Gasteiger partial charge in [0.05, 0.1) is 5.02 Å². The number of rotatable bonds is 4. The topological polar surface area (TPSA) is 51.4 Å².